The van der Waals surface area contributed by atoms with Gasteiger partial charge in [0.2, 0.25) is 0 Å². The van der Waals surface area contributed by atoms with Crippen LogP contribution in [0.3, 0.4) is 0 Å². The Hall–Kier alpha value is -6.38. The van der Waals surface area contributed by atoms with Crippen molar-refractivity contribution < 1.29 is 0 Å². The summed E-state index contributed by atoms with van der Waals surface area (Å²) in [5.74, 6) is 0. The molecule has 1 aromatic heterocycles. The van der Waals surface area contributed by atoms with Crippen LogP contribution >= 0.6 is 0 Å². The first-order chi connectivity index (χ1) is 25.1. The number of benzene rings is 8. The Labute approximate surface area is 298 Å². The molecule has 0 N–H and O–H groups in total. The number of aromatic nitrogens is 1. The number of rotatable bonds is 5. The van der Waals surface area contributed by atoms with Gasteiger partial charge in [-0.05, 0) is 99.3 Å². The average Bonchev–Trinajstić information content (AvgIpc) is 3.63. The lowest BCUT2D eigenvalue weighted by molar-refractivity contribution is 0.661. The van der Waals surface area contributed by atoms with E-state index in [-0.39, 0.29) is 5.41 Å². The van der Waals surface area contributed by atoms with Crippen LogP contribution in [0, 0.1) is 0 Å². The van der Waals surface area contributed by atoms with Crippen LogP contribution in [0.1, 0.15) is 25.0 Å². The molecule has 1 aliphatic rings. The second-order valence-electron chi connectivity index (χ2n) is 14.2. The maximum Gasteiger partial charge on any atom is 0.0561 e. The lowest BCUT2D eigenvalue weighted by atomic mass is 9.82. The van der Waals surface area contributed by atoms with Crippen LogP contribution in [0.15, 0.2) is 182 Å². The summed E-state index contributed by atoms with van der Waals surface area (Å²) < 4.78 is 2.41. The molecule has 0 saturated heterocycles. The molecule has 0 amide bonds. The first-order valence-corrected chi connectivity index (χ1v) is 17.8. The zero-order valence-electron chi connectivity index (χ0n) is 28.7. The maximum atomic E-state index is 2.47. The van der Waals surface area contributed by atoms with E-state index in [1.807, 2.05) is 0 Å². The third kappa shape index (κ3) is 4.57. The van der Waals surface area contributed by atoms with Crippen molar-refractivity contribution in [3.63, 3.8) is 0 Å². The largest absolute Gasteiger partial charge is 0.310 e. The molecule has 9 aromatic rings. The summed E-state index contributed by atoms with van der Waals surface area (Å²) in [5.41, 5.74) is 14.6. The van der Waals surface area contributed by atoms with Crippen molar-refractivity contribution in [3.05, 3.63) is 193 Å². The van der Waals surface area contributed by atoms with Gasteiger partial charge in [-0.15, -0.1) is 0 Å². The predicted molar refractivity (Wildman–Crippen MR) is 216 cm³/mol. The van der Waals surface area contributed by atoms with Gasteiger partial charge in [0.15, 0.2) is 0 Å². The van der Waals surface area contributed by atoms with Gasteiger partial charge in [0.25, 0.3) is 0 Å². The first-order valence-electron chi connectivity index (χ1n) is 17.8. The Morgan fingerprint density at radius 1 is 0.451 bits per heavy atom. The Morgan fingerprint density at radius 2 is 1.08 bits per heavy atom. The molecule has 8 aromatic carbocycles. The van der Waals surface area contributed by atoms with Crippen LogP contribution in [0.25, 0.3) is 60.5 Å². The van der Waals surface area contributed by atoms with Crippen molar-refractivity contribution in [2.75, 3.05) is 4.90 Å². The molecule has 0 radical (unpaired) electrons. The van der Waals surface area contributed by atoms with Crippen molar-refractivity contribution in [2.45, 2.75) is 19.3 Å². The molecular weight excluding hydrogens is 617 g/mol. The van der Waals surface area contributed by atoms with Gasteiger partial charge in [-0.25, -0.2) is 0 Å². The van der Waals surface area contributed by atoms with Crippen molar-refractivity contribution in [2.24, 2.45) is 0 Å². The topological polar surface area (TPSA) is 8.17 Å². The monoisotopic (exact) mass is 652 g/mol. The standard InChI is InChI=1S/C49H36N2/c1-49(2)43-21-13-23-46(48(43)42-30-35-16-9-10-17-36(35)31-44(42)49)50(38-26-24-34(25-27-38)33-14-5-3-6-15-33)39-28-29-41-40-20-11-12-22-45(40)51(47(41)32-39)37-18-7-4-8-19-37/h3-32H,1-2H3. The summed E-state index contributed by atoms with van der Waals surface area (Å²) in [5, 5.41) is 5.05. The third-order valence-electron chi connectivity index (χ3n) is 10.9. The zero-order chi connectivity index (χ0) is 34.1. The minimum Gasteiger partial charge on any atom is -0.310 e. The van der Waals surface area contributed by atoms with Crippen LogP contribution < -0.4 is 4.90 Å². The molecule has 1 aliphatic carbocycles. The third-order valence-corrected chi connectivity index (χ3v) is 10.9. The van der Waals surface area contributed by atoms with Crippen LogP contribution in [0.5, 0.6) is 0 Å². The lowest BCUT2D eigenvalue weighted by Gasteiger charge is -2.29. The fraction of sp³-hybridized carbons (Fsp3) is 0.0612. The lowest BCUT2D eigenvalue weighted by Crippen LogP contribution is -2.16. The Bertz CT molecular complexity index is 2750. The fourth-order valence-corrected chi connectivity index (χ4v) is 8.45. The van der Waals surface area contributed by atoms with Gasteiger partial charge in [0.1, 0.15) is 0 Å². The molecule has 0 aliphatic heterocycles. The summed E-state index contributed by atoms with van der Waals surface area (Å²) in [6.07, 6.45) is 0. The number of para-hydroxylation sites is 2. The zero-order valence-corrected chi connectivity index (χ0v) is 28.7. The number of anilines is 3. The second kappa shape index (κ2) is 11.3. The maximum absolute atomic E-state index is 2.47. The molecule has 0 fully saturated rings. The molecule has 0 atom stereocenters. The van der Waals surface area contributed by atoms with E-state index in [1.54, 1.807) is 0 Å². The van der Waals surface area contributed by atoms with Crippen LogP contribution in [0.4, 0.5) is 17.1 Å². The smallest absolute Gasteiger partial charge is 0.0561 e. The summed E-state index contributed by atoms with van der Waals surface area (Å²) in [7, 11) is 0. The molecule has 0 unspecified atom stereocenters. The van der Waals surface area contributed by atoms with Gasteiger partial charge in [-0.2, -0.15) is 0 Å². The number of hydrogen-bond donors (Lipinski definition) is 0. The van der Waals surface area contributed by atoms with Crippen LogP contribution in [0.2, 0.25) is 0 Å². The molecular formula is C49H36N2. The molecule has 0 bridgehead atoms. The molecule has 2 nitrogen and oxygen atoms in total. The summed E-state index contributed by atoms with van der Waals surface area (Å²) in [6, 6.07) is 66.6. The number of fused-ring (bicyclic) bond motifs is 7. The molecule has 1 heterocycles. The van der Waals surface area contributed by atoms with Gasteiger partial charge >= 0.3 is 0 Å². The van der Waals surface area contributed by atoms with Crippen molar-refractivity contribution in [1.82, 2.24) is 4.57 Å². The van der Waals surface area contributed by atoms with Gasteiger partial charge in [0.05, 0.1) is 16.7 Å². The highest BCUT2D eigenvalue weighted by Crippen LogP contribution is 2.55. The van der Waals surface area contributed by atoms with E-state index < -0.39 is 0 Å². The summed E-state index contributed by atoms with van der Waals surface area (Å²) in [6.45, 7) is 4.75. The summed E-state index contributed by atoms with van der Waals surface area (Å²) in [4.78, 5) is 2.47. The van der Waals surface area contributed by atoms with E-state index in [4.69, 9.17) is 0 Å². The number of nitrogens with zero attached hydrogens (tertiary/aromatic N) is 2. The van der Waals surface area contributed by atoms with E-state index in [1.165, 1.54) is 71.6 Å². The van der Waals surface area contributed by atoms with Gasteiger partial charge < -0.3 is 9.47 Å². The predicted octanol–water partition coefficient (Wildman–Crippen LogP) is 13.4. The molecule has 242 valence electrons. The quantitative estimate of drug-likeness (QED) is 0.180. The van der Waals surface area contributed by atoms with Crippen molar-refractivity contribution >= 4 is 49.6 Å². The van der Waals surface area contributed by atoms with Crippen LogP contribution in [-0.2, 0) is 5.41 Å². The van der Waals surface area contributed by atoms with Gasteiger partial charge in [-0.1, -0.05) is 135 Å². The SMILES string of the molecule is CC1(C)c2cc3ccccc3cc2-c2c(N(c3ccc(-c4ccccc4)cc3)c3ccc4c5ccccc5n(-c5ccccc5)c4c3)cccc21. The summed E-state index contributed by atoms with van der Waals surface area (Å²) >= 11 is 0. The Kier molecular flexibility index (Phi) is 6.56. The minimum atomic E-state index is -0.142. The van der Waals surface area contributed by atoms with E-state index in [0.29, 0.717) is 0 Å². The highest BCUT2D eigenvalue weighted by Gasteiger charge is 2.38. The molecule has 10 rings (SSSR count). The Balaban J connectivity index is 1.25. The van der Waals surface area contributed by atoms with E-state index in [9.17, 15) is 0 Å². The van der Waals surface area contributed by atoms with Gasteiger partial charge in [0, 0.05) is 38.8 Å². The van der Waals surface area contributed by atoms with E-state index >= 15 is 0 Å². The van der Waals surface area contributed by atoms with Crippen molar-refractivity contribution in [1.29, 1.82) is 0 Å². The fourth-order valence-electron chi connectivity index (χ4n) is 8.45. The normalized spacial score (nSPS) is 13.1. The van der Waals surface area contributed by atoms with E-state index in [2.05, 4.69) is 205 Å². The number of hydrogen-bond acceptors (Lipinski definition) is 1. The average molecular weight is 653 g/mol. The highest BCUT2D eigenvalue weighted by molar-refractivity contribution is 6.11. The molecule has 51 heavy (non-hydrogen) atoms. The minimum absolute atomic E-state index is 0.142. The first kappa shape index (κ1) is 29.5. The second-order valence-corrected chi connectivity index (χ2v) is 14.2. The van der Waals surface area contributed by atoms with Crippen molar-refractivity contribution in [3.8, 4) is 27.9 Å². The van der Waals surface area contributed by atoms with Gasteiger partial charge in [-0.3, -0.25) is 0 Å². The van der Waals surface area contributed by atoms with Crippen LogP contribution in [-0.4, -0.2) is 4.57 Å². The van der Waals surface area contributed by atoms with E-state index in [0.717, 1.165) is 17.1 Å². The molecule has 0 saturated carbocycles. The molecule has 2 heteroatoms. The highest BCUT2D eigenvalue weighted by atomic mass is 15.1. The Morgan fingerprint density at radius 3 is 1.86 bits per heavy atom. The molecule has 0 spiro atoms.